The Morgan fingerprint density at radius 3 is 2.44 bits per heavy atom. The Kier molecular flexibility index (Phi) is 6.01. The van der Waals surface area contributed by atoms with Crippen molar-refractivity contribution in [3.05, 3.63) is 53.6 Å². The maximum Gasteiger partial charge on any atom is 0.241 e. The molecule has 1 fully saturated rings. The molecule has 1 amide bonds. The van der Waals surface area contributed by atoms with E-state index in [1.54, 1.807) is 7.11 Å². The molecule has 0 radical (unpaired) electrons. The van der Waals surface area contributed by atoms with Gasteiger partial charge in [-0.3, -0.25) is 9.69 Å². The summed E-state index contributed by atoms with van der Waals surface area (Å²) in [7, 11) is 1.61. The summed E-state index contributed by atoms with van der Waals surface area (Å²) in [5.41, 5.74) is 4.68. The number of hydrogen-bond acceptors (Lipinski definition) is 4. The van der Waals surface area contributed by atoms with Gasteiger partial charge in [-0.25, -0.2) is 0 Å². The topological polar surface area (TPSA) is 44.8 Å². The molecule has 2 aromatic carbocycles. The third-order valence-electron chi connectivity index (χ3n) is 5.52. The average molecular weight is 367 g/mol. The first-order chi connectivity index (χ1) is 13.0. The number of carbonyl (C=O) groups is 1. The van der Waals surface area contributed by atoms with Crippen molar-refractivity contribution in [2.24, 2.45) is 0 Å². The maximum atomic E-state index is 12.7. The standard InChI is InChI=1S/C22H29N3O2/c1-16-8-7-10-20(17(16)2)25-14-12-24(13-15-25)18(3)22(26)23-19-9-5-6-11-21(19)27-4/h5-11,18H,12-15H2,1-4H3,(H,23,26)/t18-/m0/s1. The molecule has 1 heterocycles. The molecule has 2 aromatic rings. The number of amides is 1. The van der Waals surface area contributed by atoms with Crippen LogP contribution in [0.25, 0.3) is 0 Å². The van der Waals surface area contributed by atoms with Crippen molar-refractivity contribution in [3.8, 4) is 5.75 Å². The summed E-state index contributed by atoms with van der Waals surface area (Å²) in [5.74, 6) is 0.678. The summed E-state index contributed by atoms with van der Waals surface area (Å²) >= 11 is 0. The van der Waals surface area contributed by atoms with Gasteiger partial charge in [-0.2, -0.15) is 0 Å². The van der Waals surface area contributed by atoms with E-state index in [2.05, 4.69) is 47.2 Å². The van der Waals surface area contributed by atoms with Crippen molar-refractivity contribution < 1.29 is 9.53 Å². The highest BCUT2D eigenvalue weighted by Gasteiger charge is 2.26. The molecule has 3 rings (SSSR count). The molecular weight excluding hydrogens is 338 g/mol. The number of anilines is 2. The van der Waals surface area contributed by atoms with Crippen molar-refractivity contribution in [1.82, 2.24) is 4.90 Å². The molecule has 0 aliphatic carbocycles. The number of nitrogens with zero attached hydrogens (tertiary/aromatic N) is 2. The second kappa shape index (κ2) is 8.44. The number of hydrogen-bond donors (Lipinski definition) is 1. The first-order valence-corrected chi connectivity index (χ1v) is 9.50. The van der Waals surface area contributed by atoms with Gasteiger partial charge >= 0.3 is 0 Å². The van der Waals surface area contributed by atoms with Crippen LogP contribution in [0, 0.1) is 13.8 Å². The molecule has 0 bridgehead atoms. The number of rotatable bonds is 5. The van der Waals surface area contributed by atoms with E-state index in [9.17, 15) is 4.79 Å². The van der Waals surface area contributed by atoms with Crippen LogP contribution in [0.15, 0.2) is 42.5 Å². The van der Waals surface area contributed by atoms with Gasteiger partial charge in [0, 0.05) is 31.9 Å². The number of nitrogens with one attached hydrogen (secondary N) is 1. The molecule has 1 saturated heterocycles. The molecule has 1 atom stereocenters. The lowest BCUT2D eigenvalue weighted by molar-refractivity contribution is -0.120. The first-order valence-electron chi connectivity index (χ1n) is 9.50. The van der Waals surface area contributed by atoms with E-state index in [-0.39, 0.29) is 11.9 Å². The normalized spacial score (nSPS) is 16.1. The third kappa shape index (κ3) is 4.25. The molecule has 27 heavy (non-hydrogen) atoms. The van der Waals surface area contributed by atoms with Crippen LogP contribution in [-0.2, 0) is 4.79 Å². The Bertz CT molecular complexity index is 798. The Labute approximate surface area is 161 Å². The van der Waals surface area contributed by atoms with E-state index in [0.29, 0.717) is 11.4 Å². The maximum absolute atomic E-state index is 12.7. The molecule has 1 N–H and O–H groups in total. The van der Waals surface area contributed by atoms with Gasteiger partial charge in [-0.1, -0.05) is 24.3 Å². The zero-order valence-electron chi connectivity index (χ0n) is 16.7. The van der Waals surface area contributed by atoms with E-state index < -0.39 is 0 Å². The molecule has 0 unspecified atom stereocenters. The Balaban J connectivity index is 1.60. The number of aryl methyl sites for hydroxylation is 1. The monoisotopic (exact) mass is 367 g/mol. The smallest absolute Gasteiger partial charge is 0.241 e. The molecule has 5 nitrogen and oxygen atoms in total. The lowest BCUT2D eigenvalue weighted by Gasteiger charge is -2.39. The van der Waals surface area contributed by atoms with Crippen LogP contribution < -0.4 is 15.0 Å². The minimum atomic E-state index is -0.185. The summed E-state index contributed by atoms with van der Waals surface area (Å²) in [6, 6.07) is 13.8. The van der Waals surface area contributed by atoms with E-state index in [1.807, 2.05) is 31.2 Å². The zero-order chi connectivity index (χ0) is 19.4. The van der Waals surface area contributed by atoms with Gasteiger partial charge in [0.1, 0.15) is 5.75 Å². The van der Waals surface area contributed by atoms with Crippen LogP contribution >= 0.6 is 0 Å². The van der Waals surface area contributed by atoms with E-state index in [1.165, 1.54) is 16.8 Å². The lowest BCUT2D eigenvalue weighted by Crippen LogP contribution is -2.53. The van der Waals surface area contributed by atoms with Crippen molar-refractivity contribution in [2.75, 3.05) is 43.5 Å². The zero-order valence-corrected chi connectivity index (χ0v) is 16.7. The van der Waals surface area contributed by atoms with Crippen molar-refractivity contribution in [1.29, 1.82) is 0 Å². The fourth-order valence-electron chi connectivity index (χ4n) is 3.58. The second-order valence-electron chi connectivity index (χ2n) is 7.11. The summed E-state index contributed by atoms with van der Waals surface area (Å²) in [4.78, 5) is 17.4. The molecule has 0 spiro atoms. The summed E-state index contributed by atoms with van der Waals surface area (Å²) < 4.78 is 5.32. The van der Waals surface area contributed by atoms with E-state index in [4.69, 9.17) is 4.74 Å². The highest BCUT2D eigenvalue weighted by molar-refractivity contribution is 5.95. The quantitative estimate of drug-likeness (QED) is 0.879. The SMILES string of the molecule is COc1ccccc1NC(=O)[C@H](C)N1CCN(c2cccc(C)c2C)CC1. The second-order valence-corrected chi connectivity index (χ2v) is 7.11. The van der Waals surface area contributed by atoms with Gasteiger partial charge in [0.05, 0.1) is 18.8 Å². The van der Waals surface area contributed by atoms with Crippen molar-refractivity contribution in [2.45, 2.75) is 26.8 Å². The lowest BCUT2D eigenvalue weighted by atomic mass is 10.1. The van der Waals surface area contributed by atoms with Gasteiger partial charge in [-0.05, 0) is 50.1 Å². The largest absolute Gasteiger partial charge is 0.495 e. The number of piperazine rings is 1. The van der Waals surface area contributed by atoms with Crippen LogP contribution in [0.3, 0.4) is 0 Å². The Morgan fingerprint density at radius 1 is 1.04 bits per heavy atom. The third-order valence-corrected chi connectivity index (χ3v) is 5.52. The Hall–Kier alpha value is -2.53. The Morgan fingerprint density at radius 2 is 1.74 bits per heavy atom. The number of benzene rings is 2. The highest BCUT2D eigenvalue weighted by atomic mass is 16.5. The van der Waals surface area contributed by atoms with Crippen LogP contribution in [0.4, 0.5) is 11.4 Å². The molecule has 1 aliphatic heterocycles. The molecule has 0 saturated carbocycles. The number of carbonyl (C=O) groups excluding carboxylic acids is 1. The van der Waals surface area contributed by atoms with Gasteiger partial charge in [-0.15, -0.1) is 0 Å². The molecule has 1 aliphatic rings. The van der Waals surface area contributed by atoms with Crippen molar-refractivity contribution in [3.63, 3.8) is 0 Å². The average Bonchev–Trinajstić information content (AvgIpc) is 2.70. The van der Waals surface area contributed by atoms with Crippen LogP contribution in [-0.4, -0.2) is 50.1 Å². The summed E-state index contributed by atoms with van der Waals surface area (Å²) in [6.07, 6.45) is 0. The summed E-state index contributed by atoms with van der Waals surface area (Å²) in [6.45, 7) is 9.90. The predicted octanol–water partition coefficient (Wildman–Crippen LogP) is 3.46. The number of methoxy groups -OCH3 is 1. The fraction of sp³-hybridized carbons (Fsp3) is 0.409. The molecule has 144 valence electrons. The molecule has 5 heteroatoms. The first kappa shape index (κ1) is 19.2. The summed E-state index contributed by atoms with van der Waals surface area (Å²) in [5, 5.41) is 3.00. The van der Waals surface area contributed by atoms with Crippen LogP contribution in [0.1, 0.15) is 18.1 Å². The van der Waals surface area contributed by atoms with Gasteiger partial charge in [0.2, 0.25) is 5.91 Å². The van der Waals surface area contributed by atoms with Crippen LogP contribution in [0.5, 0.6) is 5.75 Å². The van der Waals surface area contributed by atoms with E-state index >= 15 is 0 Å². The van der Waals surface area contributed by atoms with Gasteiger partial charge in [0.25, 0.3) is 0 Å². The minimum absolute atomic E-state index is 0.000291. The fourth-order valence-corrected chi connectivity index (χ4v) is 3.58. The van der Waals surface area contributed by atoms with Gasteiger partial charge in [0.15, 0.2) is 0 Å². The molecular formula is C22H29N3O2. The highest BCUT2D eigenvalue weighted by Crippen LogP contribution is 2.25. The number of ether oxygens (including phenoxy) is 1. The molecule has 0 aromatic heterocycles. The minimum Gasteiger partial charge on any atom is -0.495 e. The predicted molar refractivity (Wildman–Crippen MR) is 111 cm³/mol. The van der Waals surface area contributed by atoms with Crippen molar-refractivity contribution >= 4 is 17.3 Å². The van der Waals surface area contributed by atoms with Gasteiger partial charge < -0.3 is 15.0 Å². The van der Waals surface area contributed by atoms with E-state index in [0.717, 1.165) is 26.2 Å². The number of para-hydroxylation sites is 2. The van der Waals surface area contributed by atoms with Crippen LogP contribution in [0.2, 0.25) is 0 Å².